The van der Waals surface area contributed by atoms with E-state index in [1.165, 1.54) is 0 Å². The zero-order valence-corrected chi connectivity index (χ0v) is 10.6. The van der Waals surface area contributed by atoms with E-state index < -0.39 is 0 Å². The Morgan fingerprint density at radius 1 is 1.47 bits per heavy atom. The number of carbonyl (C=O) groups is 1. The molecule has 0 radical (unpaired) electrons. The molecular weight excluding hydrogens is 244 g/mol. The van der Waals surface area contributed by atoms with Crippen LogP contribution in [0.1, 0.15) is 27.4 Å². The van der Waals surface area contributed by atoms with Crippen molar-refractivity contribution < 1.29 is 9.53 Å². The predicted molar refractivity (Wildman–Crippen MR) is 68.9 cm³/mol. The molecule has 19 heavy (non-hydrogen) atoms. The van der Waals surface area contributed by atoms with Crippen LogP contribution in [0, 0.1) is 6.92 Å². The molecule has 98 valence electrons. The van der Waals surface area contributed by atoms with Gasteiger partial charge in [-0.3, -0.25) is 9.89 Å². The van der Waals surface area contributed by atoms with Gasteiger partial charge in [0.05, 0.1) is 13.2 Å². The fourth-order valence-electron chi connectivity index (χ4n) is 2.09. The van der Waals surface area contributed by atoms with E-state index in [9.17, 15) is 4.79 Å². The molecule has 0 atom stereocenters. The van der Waals surface area contributed by atoms with Crippen LogP contribution in [-0.4, -0.2) is 27.7 Å². The zero-order valence-electron chi connectivity index (χ0n) is 10.6. The minimum Gasteiger partial charge on any atom is -0.376 e. The number of nitrogens with one attached hydrogen (secondary N) is 2. The Balaban J connectivity index is 1.83. The quantitative estimate of drug-likeness (QED) is 0.854. The lowest BCUT2D eigenvalue weighted by atomic mass is 10.1. The highest BCUT2D eigenvalue weighted by atomic mass is 16.5. The molecule has 1 aliphatic heterocycles. The second kappa shape index (κ2) is 4.81. The lowest BCUT2D eigenvalue weighted by Crippen LogP contribution is -2.17. The molecule has 1 amide bonds. The van der Waals surface area contributed by atoms with Crippen LogP contribution in [-0.2, 0) is 17.8 Å². The Morgan fingerprint density at radius 2 is 2.37 bits per heavy atom. The first-order valence-corrected chi connectivity index (χ1v) is 6.13. The molecule has 0 spiro atoms. The Labute approximate surface area is 110 Å². The summed E-state index contributed by atoms with van der Waals surface area (Å²) in [5, 5.41) is 9.71. The second-order valence-electron chi connectivity index (χ2n) is 4.45. The highest BCUT2D eigenvalue weighted by Crippen LogP contribution is 2.19. The number of pyridine rings is 1. The average Bonchev–Trinajstić information content (AvgIpc) is 2.82. The van der Waals surface area contributed by atoms with E-state index in [0.29, 0.717) is 24.7 Å². The lowest BCUT2D eigenvalue weighted by molar-refractivity contribution is 0.0984. The minimum atomic E-state index is -0.263. The first-order chi connectivity index (χ1) is 9.24. The summed E-state index contributed by atoms with van der Waals surface area (Å²) in [6, 6.07) is 5.47. The van der Waals surface area contributed by atoms with Crippen LogP contribution in [0.5, 0.6) is 0 Å². The van der Waals surface area contributed by atoms with Crippen molar-refractivity contribution in [1.82, 2.24) is 15.2 Å². The van der Waals surface area contributed by atoms with Gasteiger partial charge in [-0.1, -0.05) is 6.07 Å². The molecule has 2 aromatic heterocycles. The standard InChI is InChI=1S/C13H14N4O2/c1-8-3-2-4-11(14-8)15-13(18)12-9-7-19-6-5-10(9)16-17-12/h2-4H,5-7H2,1H3,(H,16,17)(H,14,15,18). The Kier molecular flexibility index (Phi) is 3.00. The summed E-state index contributed by atoms with van der Waals surface area (Å²) in [6.07, 6.45) is 0.762. The monoisotopic (exact) mass is 258 g/mol. The molecule has 1 aliphatic rings. The first kappa shape index (κ1) is 11.9. The molecule has 0 fully saturated rings. The van der Waals surface area contributed by atoms with Gasteiger partial charge in [0, 0.05) is 23.4 Å². The highest BCUT2D eigenvalue weighted by molar-refractivity contribution is 6.03. The van der Waals surface area contributed by atoms with Gasteiger partial charge in [0.2, 0.25) is 0 Å². The molecule has 0 aliphatic carbocycles. The summed E-state index contributed by atoms with van der Waals surface area (Å²) in [5.74, 6) is 0.263. The van der Waals surface area contributed by atoms with Gasteiger partial charge in [-0.25, -0.2) is 4.98 Å². The third-order valence-electron chi connectivity index (χ3n) is 3.04. The smallest absolute Gasteiger partial charge is 0.277 e. The number of nitrogens with zero attached hydrogens (tertiary/aromatic N) is 2. The molecule has 0 aromatic carbocycles. The van der Waals surface area contributed by atoms with Gasteiger partial charge >= 0.3 is 0 Å². The maximum absolute atomic E-state index is 12.2. The molecule has 6 nitrogen and oxygen atoms in total. The summed E-state index contributed by atoms with van der Waals surface area (Å²) < 4.78 is 5.36. The number of hydrogen-bond acceptors (Lipinski definition) is 4. The zero-order chi connectivity index (χ0) is 13.2. The van der Waals surface area contributed by atoms with E-state index in [4.69, 9.17) is 4.74 Å². The van der Waals surface area contributed by atoms with Crippen LogP contribution in [0.2, 0.25) is 0 Å². The number of hydrogen-bond donors (Lipinski definition) is 2. The van der Waals surface area contributed by atoms with Gasteiger partial charge in [-0.15, -0.1) is 0 Å². The van der Waals surface area contributed by atoms with Gasteiger partial charge in [0.25, 0.3) is 5.91 Å². The van der Waals surface area contributed by atoms with Gasteiger partial charge < -0.3 is 10.1 Å². The van der Waals surface area contributed by atoms with E-state index in [2.05, 4.69) is 20.5 Å². The Bertz CT molecular complexity index is 621. The predicted octanol–water partition coefficient (Wildman–Crippen LogP) is 1.44. The molecular formula is C13H14N4O2. The number of ether oxygens (including phenoxy) is 1. The van der Waals surface area contributed by atoms with E-state index >= 15 is 0 Å². The summed E-state index contributed by atoms with van der Waals surface area (Å²) >= 11 is 0. The molecule has 0 bridgehead atoms. The second-order valence-corrected chi connectivity index (χ2v) is 4.45. The van der Waals surface area contributed by atoms with Crippen molar-refractivity contribution in [3.63, 3.8) is 0 Å². The third kappa shape index (κ3) is 2.34. The maximum atomic E-state index is 12.2. The number of fused-ring (bicyclic) bond motifs is 1. The summed E-state index contributed by atoms with van der Waals surface area (Å²) in [5.41, 5.74) is 3.06. The van der Waals surface area contributed by atoms with Crippen LogP contribution < -0.4 is 5.32 Å². The van der Waals surface area contributed by atoms with Crippen molar-refractivity contribution in [3.8, 4) is 0 Å². The average molecular weight is 258 g/mol. The normalized spacial score (nSPS) is 13.9. The SMILES string of the molecule is Cc1cccc(NC(=O)c2n[nH]c3c2COCC3)n1. The van der Waals surface area contributed by atoms with Gasteiger partial charge in [0.1, 0.15) is 5.82 Å². The maximum Gasteiger partial charge on any atom is 0.277 e. The highest BCUT2D eigenvalue weighted by Gasteiger charge is 2.22. The van der Waals surface area contributed by atoms with Crippen LogP contribution >= 0.6 is 0 Å². The number of H-pyrrole nitrogens is 1. The minimum absolute atomic E-state index is 0.263. The number of aryl methyl sites for hydroxylation is 1. The van der Waals surface area contributed by atoms with Gasteiger partial charge in [-0.05, 0) is 19.1 Å². The Hall–Kier alpha value is -2.21. The lowest BCUT2D eigenvalue weighted by Gasteiger charge is -2.12. The van der Waals surface area contributed by atoms with Crippen molar-refractivity contribution in [3.05, 3.63) is 40.8 Å². The topological polar surface area (TPSA) is 79.9 Å². The van der Waals surface area contributed by atoms with Crippen LogP contribution in [0.3, 0.4) is 0 Å². The molecule has 3 heterocycles. The van der Waals surface area contributed by atoms with E-state index in [0.717, 1.165) is 23.4 Å². The van der Waals surface area contributed by atoms with Crippen LogP contribution in [0.4, 0.5) is 5.82 Å². The van der Waals surface area contributed by atoms with Crippen molar-refractivity contribution in [2.45, 2.75) is 20.0 Å². The third-order valence-corrected chi connectivity index (χ3v) is 3.04. The first-order valence-electron chi connectivity index (χ1n) is 6.13. The van der Waals surface area contributed by atoms with Crippen molar-refractivity contribution in [2.75, 3.05) is 11.9 Å². The van der Waals surface area contributed by atoms with Crippen molar-refractivity contribution in [1.29, 1.82) is 0 Å². The van der Waals surface area contributed by atoms with Crippen molar-refractivity contribution in [2.24, 2.45) is 0 Å². The number of anilines is 1. The molecule has 2 N–H and O–H groups in total. The molecule has 6 heteroatoms. The molecule has 0 saturated carbocycles. The van der Waals surface area contributed by atoms with Crippen LogP contribution in [0.15, 0.2) is 18.2 Å². The fraction of sp³-hybridized carbons (Fsp3) is 0.308. The van der Waals surface area contributed by atoms with E-state index in [1.54, 1.807) is 6.07 Å². The number of amides is 1. The van der Waals surface area contributed by atoms with Crippen molar-refractivity contribution >= 4 is 11.7 Å². The molecule has 2 aromatic rings. The van der Waals surface area contributed by atoms with Gasteiger partial charge in [-0.2, -0.15) is 5.10 Å². The largest absolute Gasteiger partial charge is 0.376 e. The number of carbonyl (C=O) groups excluding carboxylic acids is 1. The van der Waals surface area contributed by atoms with E-state index in [1.807, 2.05) is 19.1 Å². The number of aromatic amines is 1. The fourth-order valence-corrected chi connectivity index (χ4v) is 2.09. The number of rotatable bonds is 2. The van der Waals surface area contributed by atoms with Crippen LogP contribution in [0.25, 0.3) is 0 Å². The summed E-state index contributed by atoms with van der Waals surface area (Å²) in [4.78, 5) is 16.4. The Morgan fingerprint density at radius 3 is 3.21 bits per heavy atom. The molecule has 0 saturated heterocycles. The summed E-state index contributed by atoms with van der Waals surface area (Å²) in [6.45, 7) is 2.96. The van der Waals surface area contributed by atoms with Gasteiger partial charge in [0.15, 0.2) is 5.69 Å². The molecule has 3 rings (SSSR count). The van der Waals surface area contributed by atoms with E-state index in [-0.39, 0.29) is 5.91 Å². The molecule has 0 unspecified atom stereocenters. The number of aromatic nitrogens is 3. The summed E-state index contributed by atoms with van der Waals surface area (Å²) in [7, 11) is 0.